The van der Waals surface area contributed by atoms with Crippen LogP contribution in [-0.4, -0.2) is 17.0 Å². The van der Waals surface area contributed by atoms with Crippen molar-refractivity contribution in [3.05, 3.63) is 11.6 Å². The van der Waals surface area contributed by atoms with Crippen molar-refractivity contribution in [2.24, 2.45) is 28.6 Å². The first kappa shape index (κ1) is 16.2. The number of hydrogen-bond acceptors (Lipinski definition) is 2. The van der Waals surface area contributed by atoms with Crippen molar-refractivity contribution >= 4 is 5.78 Å². The van der Waals surface area contributed by atoms with Crippen LogP contribution in [0.5, 0.6) is 0 Å². The smallest absolute Gasteiger partial charge is 0.129 e. The van der Waals surface area contributed by atoms with E-state index in [4.69, 9.17) is 0 Å². The van der Waals surface area contributed by atoms with Gasteiger partial charge in [0.1, 0.15) is 5.78 Å². The monoisotopic (exact) mass is 304 g/mol. The standard InChI is InChI=1S/C20H32O2/c1-13-5-6-15-16-7-8-18(22)20(16,4)12-10-17(15)19(13,3)11-9-14(2)21/h5,15-18,22H,6-12H2,1-4H3. The molecular weight excluding hydrogens is 272 g/mol. The third-order valence-electron chi connectivity index (χ3n) is 7.80. The van der Waals surface area contributed by atoms with Crippen molar-refractivity contribution in [3.63, 3.8) is 0 Å². The molecule has 0 aromatic carbocycles. The number of carbonyl (C=O) groups excluding carboxylic acids is 1. The van der Waals surface area contributed by atoms with E-state index in [9.17, 15) is 9.90 Å². The molecule has 1 N–H and O–H groups in total. The zero-order valence-corrected chi connectivity index (χ0v) is 14.7. The number of aliphatic hydroxyl groups is 1. The Morgan fingerprint density at radius 2 is 2.00 bits per heavy atom. The molecular formula is C20H32O2. The van der Waals surface area contributed by atoms with Crippen molar-refractivity contribution in [2.45, 2.75) is 78.7 Å². The summed E-state index contributed by atoms with van der Waals surface area (Å²) < 4.78 is 0. The van der Waals surface area contributed by atoms with E-state index < -0.39 is 0 Å². The number of Topliss-reactive ketones (excluding diaryl/α,β-unsaturated/α-hetero) is 1. The lowest BCUT2D eigenvalue weighted by Gasteiger charge is -2.55. The zero-order valence-electron chi connectivity index (χ0n) is 14.7. The van der Waals surface area contributed by atoms with Crippen LogP contribution < -0.4 is 0 Å². The fraction of sp³-hybridized carbons (Fsp3) is 0.850. The number of rotatable bonds is 3. The van der Waals surface area contributed by atoms with E-state index in [1.807, 2.05) is 0 Å². The number of ketones is 1. The number of fused-ring (bicyclic) bond motifs is 3. The van der Waals surface area contributed by atoms with Gasteiger partial charge in [-0.05, 0) is 81.0 Å². The van der Waals surface area contributed by atoms with Crippen molar-refractivity contribution in [2.75, 3.05) is 0 Å². The molecule has 3 aliphatic carbocycles. The van der Waals surface area contributed by atoms with Gasteiger partial charge in [0.25, 0.3) is 0 Å². The molecule has 2 nitrogen and oxygen atoms in total. The molecule has 0 aliphatic heterocycles. The fourth-order valence-corrected chi connectivity index (χ4v) is 6.04. The quantitative estimate of drug-likeness (QED) is 0.779. The van der Waals surface area contributed by atoms with E-state index in [1.54, 1.807) is 6.92 Å². The summed E-state index contributed by atoms with van der Waals surface area (Å²) >= 11 is 0. The predicted octanol–water partition coefficient (Wildman–Crippen LogP) is 4.52. The number of allylic oxidation sites excluding steroid dienone is 2. The Bertz CT molecular complexity index is 494. The first-order valence-electron chi connectivity index (χ1n) is 9.14. The highest BCUT2D eigenvalue weighted by Crippen LogP contribution is 2.63. The van der Waals surface area contributed by atoms with Crippen LogP contribution in [0.15, 0.2) is 11.6 Å². The van der Waals surface area contributed by atoms with Crippen molar-refractivity contribution in [1.29, 1.82) is 0 Å². The second-order valence-corrected chi connectivity index (χ2v) is 8.76. The molecule has 2 saturated carbocycles. The van der Waals surface area contributed by atoms with Crippen LogP contribution in [0.2, 0.25) is 0 Å². The largest absolute Gasteiger partial charge is 0.393 e. The molecule has 124 valence electrons. The summed E-state index contributed by atoms with van der Waals surface area (Å²) in [5.74, 6) is 2.38. The molecule has 3 rings (SSSR count). The summed E-state index contributed by atoms with van der Waals surface area (Å²) in [5.41, 5.74) is 1.82. The van der Waals surface area contributed by atoms with Crippen LogP contribution >= 0.6 is 0 Å². The van der Waals surface area contributed by atoms with Gasteiger partial charge in [0.15, 0.2) is 0 Å². The summed E-state index contributed by atoms with van der Waals surface area (Å²) in [6.07, 6.45) is 9.77. The van der Waals surface area contributed by atoms with Gasteiger partial charge in [-0.25, -0.2) is 0 Å². The van der Waals surface area contributed by atoms with Crippen molar-refractivity contribution in [3.8, 4) is 0 Å². The molecule has 3 aliphatic rings. The first-order chi connectivity index (χ1) is 10.3. The van der Waals surface area contributed by atoms with E-state index in [0.717, 1.165) is 19.3 Å². The molecule has 0 radical (unpaired) electrons. The summed E-state index contributed by atoms with van der Waals surface area (Å²) in [5, 5.41) is 10.5. The molecule has 22 heavy (non-hydrogen) atoms. The Morgan fingerprint density at radius 1 is 1.27 bits per heavy atom. The van der Waals surface area contributed by atoms with E-state index in [1.165, 1.54) is 24.8 Å². The summed E-state index contributed by atoms with van der Waals surface area (Å²) in [7, 11) is 0. The normalized spacial score (nSPS) is 47.6. The Hall–Kier alpha value is -0.630. The second kappa shape index (κ2) is 5.47. The molecule has 6 unspecified atom stereocenters. The Morgan fingerprint density at radius 3 is 2.68 bits per heavy atom. The highest BCUT2D eigenvalue weighted by molar-refractivity contribution is 5.75. The maximum atomic E-state index is 11.5. The molecule has 0 aromatic rings. The van der Waals surface area contributed by atoms with Gasteiger partial charge < -0.3 is 9.90 Å². The maximum absolute atomic E-state index is 11.5. The minimum absolute atomic E-state index is 0.103. The minimum atomic E-state index is -0.103. The maximum Gasteiger partial charge on any atom is 0.129 e. The van der Waals surface area contributed by atoms with E-state index in [2.05, 4.69) is 26.8 Å². The molecule has 0 bridgehead atoms. The third-order valence-corrected chi connectivity index (χ3v) is 7.80. The van der Waals surface area contributed by atoms with Gasteiger partial charge in [0.05, 0.1) is 6.10 Å². The van der Waals surface area contributed by atoms with E-state index >= 15 is 0 Å². The lowest BCUT2D eigenvalue weighted by molar-refractivity contribution is -0.118. The van der Waals surface area contributed by atoms with Crippen LogP contribution in [0.3, 0.4) is 0 Å². The van der Waals surface area contributed by atoms with Crippen LogP contribution in [0.4, 0.5) is 0 Å². The predicted molar refractivity (Wildman–Crippen MR) is 89.4 cm³/mol. The summed E-state index contributed by atoms with van der Waals surface area (Å²) in [6, 6.07) is 0. The number of aliphatic hydroxyl groups excluding tert-OH is 1. The van der Waals surface area contributed by atoms with E-state index in [-0.39, 0.29) is 16.9 Å². The molecule has 6 atom stereocenters. The molecule has 0 saturated heterocycles. The summed E-state index contributed by atoms with van der Waals surface area (Å²) in [6.45, 7) is 8.71. The third kappa shape index (κ3) is 2.29. The molecule has 0 aromatic heterocycles. The highest BCUT2D eigenvalue weighted by Gasteiger charge is 2.57. The van der Waals surface area contributed by atoms with E-state index in [0.29, 0.717) is 30.0 Å². The topological polar surface area (TPSA) is 37.3 Å². The Balaban J connectivity index is 1.88. The van der Waals surface area contributed by atoms with Gasteiger partial charge in [-0.3, -0.25) is 0 Å². The Kier molecular flexibility index (Phi) is 4.04. The van der Waals surface area contributed by atoms with Crippen LogP contribution in [0.1, 0.15) is 72.6 Å². The van der Waals surface area contributed by atoms with Gasteiger partial charge in [-0.1, -0.05) is 25.5 Å². The van der Waals surface area contributed by atoms with Crippen LogP contribution in [0, 0.1) is 28.6 Å². The average molecular weight is 304 g/mol. The highest BCUT2D eigenvalue weighted by atomic mass is 16.3. The van der Waals surface area contributed by atoms with Gasteiger partial charge in [0.2, 0.25) is 0 Å². The fourth-order valence-electron chi connectivity index (χ4n) is 6.04. The molecule has 0 spiro atoms. The first-order valence-corrected chi connectivity index (χ1v) is 9.14. The second-order valence-electron chi connectivity index (χ2n) is 8.76. The average Bonchev–Trinajstić information content (AvgIpc) is 2.77. The van der Waals surface area contributed by atoms with Crippen molar-refractivity contribution in [1.82, 2.24) is 0 Å². The van der Waals surface area contributed by atoms with Crippen molar-refractivity contribution < 1.29 is 9.90 Å². The lowest BCUT2D eigenvalue weighted by atomic mass is 9.49. The SMILES string of the molecule is CC(=O)CCC1(C)C(C)=CCC2C1CCC1(C)C(O)CCC21. The minimum Gasteiger partial charge on any atom is -0.393 e. The van der Waals surface area contributed by atoms with Gasteiger partial charge in [-0.2, -0.15) is 0 Å². The molecule has 2 fully saturated rings. The summed E-state index contributed by atoms with van der Waals surface area (Å²) in [4.78, 5) is 11.5. The van der Waals surface area contributed by atoms with Gasteiger partial charge >= 0.3 is 0 Å². The zero-order chi connectivity index (χ0) is 16.1. The number of hydrogen-bond donors (Lipinski definition) is 1. The van der Waals surface area contributed by atoms with Gasteiger partial charge in [-0.15, -0.1) is 0 Å². The number of carbonyl (C=O) groups is 1. The Labute approximate surface area is 135 Å². The molecule has 0 heterocycles. The molecule has 2 heteroatoms. The molecule has 0 amide bonds. The van der Waals surface area contributed by atoms with Crippen LogP contribution in [-0.2, 0) is 4.79 Å². The lowest BCUT2D eigenvalue weighted by Crippen LogP contribution is -2.49. The van der Waals surface area contributed by atoms with Crippen LogP contribution in [0.25, 0.3) is 0 Å². The van der Waals surface area contributed by atoms with Gasteiger partial charge in [0, 0.05) is 6.42 Å².